The number of hydrogen-bond donors (Lipinski definition) is 0. The second-order valence-corrected chi connectivity index (χ2v) is 20.5. The Morgan fingerprint density at radius 1 is 0.308 bits per heavy atom. The molecule has 0 rings (SSSR count). The van der Waals surface area contributed by atoms with Crippen LogP contribution in [0, 0.1) is 5.92 Å². The highest BCUT2D eigenvalue weighted by Gasteiger charge is 2.19. The molecule has 0 aliphatic rings. The van der Waals surface area contributed by atoms with Crippen LogP contribution in [0.5, 0.6) is 0 Å². The van der Waals surface area contributed by atoms with E-state index >= 15 is 0 Å². The Kier molecular flexibility index (Phi) is 52.1. The summed E-state index contributed by atoms with van der Waals surface area (Å²) < 4.78 is 16.9. The number of unbranched alkanes of at least 4 members (excludes halogenated alkanes) is 40. The lowest BCUT2D eigenvalue weighted by molar-refractivity contribution is -0.167. The van der Waals surface area contributed by atoms with Gasteiger partial charge in [0.15, 0.2) is 6.10 Å². The molecule has 0 saturated heterocycles. The molecule has 65 heavy (non-hydrogen) atoms. The molecule has 0 aromatic carbocycles. The Labute approximate surface area is 406 Å². The Bertz CT molecular complexity index is 982. The van der Waals surface area contributed by atoms with Crippen LogP contribution >= 0.6 is 0 Å². The molecule has 0 fully saturated rings. The highest BCUT2D eigenvalue weighted by atomic mass is 16.6. The fourth-order valence-electron chi connectivity index (χ4n) is 9.07. The fraction of sp³-hybridized carbons (Fsp3) is 0.949. The number of hydrogen-bond acceptors (Lipinski definition) is 6. The Morgan fingerprint density at radius 2 is 0.538 bits per heavy atom. The molecule has 0 amide bonds. The molecule has 0 heterocycles. The highest BCUT2D eigenvalue weighted by molar-refractivity contribution is 5.71. The van der Waals surface area contributed by atoms with Crippen molar-refractivity contribution in [3.63, 3.8) is 0 Å². The zero-order valence-electron chi connectivity index (χ0n) is 44.5. The zero-order chi connectivity index (χ0) is 47.4. The van der Waals surface area contributed by atoms with Crippen molar-refractivity contribution in [3.05, 3.63) is 0 Å². The van der Waals surface area contributed by atoms with Gasteiger partial charge in [-0.15, -0.1) is 0 Å². The van der Waals surface area contributed by atoms with Crippen LogP contribution in [0.3, 0.4) is 0 Å². The van der Waals surface area contributed by atoms with Crippen molar-refractivity contribution >= 4 is 17.9 Å². The maximum Gasteiger partial charge on any atom is 0.306 e. The van der Waals surface area contributed by atoms with Crippen LogP contribution in [0.1, 0.15) is 336 Å². The highest BCUT2D eigenvalue weighted by Crippen LogP contribution is 2.18. The lowest BCUT2D eigenvalue weighted by Gasteiger charge is -2.18. The largest absolute Gasteiger partial charge is 0.462 e. The van der Waals surface area contributed by atoms with Crippen LogP contribution in [0.15, 0.2) is 0 Å². The van der Waals surface area contributed by atoms with Crippen molar-refractivity contribution in [1.29, 1.82) is 0 Å². The first kappa shape index (κ1) is 63.4. The molecule has 0 aliphatic carbocycles. The van der Waals surface area contributed by atoms with Gasteiger partial charge in [0, 0.05) is 19.3 Å². The van der Waals surface area contributed by atoms with Gasteiger partial charge < -0.3 is 14.2 Å². The second kappa shape index (κ2) is 53.4. The van der Waals surface area contributed by atoms with Gasteiger partial charge in [0.05, 0.1) is 0 Å². The summed E-state index contributed by atoms with van der Waals surface area (Å²) in [7, 11) is 0. The summed E-state index contributed by atoms with van der Waals surface area (Å²) in [5.41, 5.74) is 0. The predicted molar refractivity (Wildman–Crippen MR) is 280 cm³/mol. The van der Waals surface area contributed by atoms with E-state index in [0.29, 0.717) is 19.3 Å². The van der Waals surface area contributed by atoms with E-state index in [1.165, 1.54) is 231 Å². The van der Waals surface area contributed by atoms with E-state index in [0.717, 1.165) is 63.7 Å². The molecule has 0 N–H and O–H groups in total. The number of esters is 3. The molecule has 0 saturated carbocycles. The summed E-state index contributed by atoms with van der Waals surface area (Å²) in [6.45, 7) is 9.10. The smallest absolute Gasteiger partial charge is 0.306 e. The summed E-state index contributed by atoms with van der Waals surface area (Å²) in [5, 5.41) is 0. The molecule has 2 atom stereocenters. The van der Waals surface area contributed by atoms with E-state index in [-0.39, 0.29) is 31.1 Å². The summed E-state index contributed by atoms with van der Waals surface area (Å²) >= 11 is 0. The Morgan fingerprint density at radius 3 is 0.800 bits per heavy atom. The normalized spacial score (nSPS) is 12.4. The number of rotatable bonds is 54. The van der Waals surface area contributed by atoms with Crippen LogP contribution in [0.25, 0.3) is 0 Å². The molecular weight excluding hydrogens is 805 g/mol. The van der Waals surface area contributed by atoms with E-state index in [9.17, 15) is 14.4 Å². The first-order valence-electron chi connectivity index (χ1n) is 29.4. The second-order valence-electron chi connectivity index (χ2n) is 20.5. The average Bonchev–Trinajstić information content (AvgIpc) is 3.30. The number of ether oxygens (including phenoxy) is 3. The van der Waals surface area contributed by atoms with Crippen molar-refractivity contribution in [1.82, 2.24) is 0 Å². The lowest BCUT2D eigenvalue weighted by Crippen LogP contribution is -2.30. The summed E-state index contributed by atoms with van der Waals surface area (Å²) in [6, 6.07) is 0. The Balaban J connectivity index is 4.19. The van der Waals surface area contributed by atoms with E-state index in [2.05, 4.69) is 27.7 Å². The van der Waals surface area contributed by atoms with Gasteiger partial charge in [-0.2, -0.15) is 0 Å². The standard InChI is InChI=1S/C59H114O6/c1-5-8-10-12-14-16-18-19-27-31-34-38-42-46-50-57(60)63-53-56(65-59(62)52-48-44-40-36-29-17-15-13-11-9-6-2)54-64-58(61)51-47-43-39-35-32-28-25-23-21-20-22-24-26-30-33-37-41-45-49-55(4)7-3/h55-56H,5-54H2,1-4H3/t55?,56-/m0/s1. The fourth-order valence-corrected chi connectivity index (χ4v) is 9.07. The minimum Gasteiger partial charge on any atom is -0.462 e. The third-order valence-corrected chi connectivity index (χ3v) is 13.9. The molecule has 0 aromatic heterocycles. The molecule has 0 bridgehead atoms. The van der Waals surface area contributed by atoms with Crippen molar-refractivity contribution in [3.8, 4) is 0 Å². The molecule has 1 unspecified atom stereocenters. The molecule has 6 nitrogen and oxygen atoms in total. The molecule has 0 aromatic rings. The first-order chi connectivity index (χ1) is 31.9. The van der Waals surface area contributed by atoms with E-state index in [1.807, 2.05) is 0 Å². The first-order valence-corrected chi connectivity index (χ1v) is 29.4. The topological polar surface area (TPSA) is 78.9 Å². The maximum absolute atomic E-state index is 12.8. The monoisotopic (exact) mass is 919 g/mol. The minimum atomic E-state index is -0.761. The molecule has 386 valence electrons. The van der Waals surface area contributed by atoms with Crippen molar-refractivity contribution in [2.24, 2.45) is 5.92 Å². The number of carbonyl (C=O) groups excluding carboxylic acids is 3. The van der Waals surface area contributed by atoms with E-state index in [4.69, 9.17) is 14.2 Å². The van der Waals surface area contributed by atoms with Gasteiger partial charge >= 0.3 is 17.9 Å². The van der Waals surface area contributed by atoms with Crippen molar-refractivity contribution in [2.45, 2.75) is 342 Å². The van der Waals surface area contributed by atoms with Crippen LogP contribution < -0.4 is 0 Å². The van der Waals surface area contributed by atoms with Crippen LogP contribution in [0.2, 0.25) is 0 Å². The third-order valence-electron chi connectivity index (χ3n) is 13.9. The SMILES string of the molecule is CCCCCCCCCCCCCCCCC(=O)OC[C@@H](COC(=O)CCCCCCCCCCCCCCCCCCCCC(C)CC)OC(=O)CCCCCCCCCCCCC. The lowest BCUT2D eigenvalue weighted by atomic mass is 9.99. The van der Waals surface area contributed by atoms with Gasteiger partial charge in [-0.05, 0) is 25.2 Å². The average molecular weight is 920 g/mol. The van der Waals surface area contributed by atoms with Gasteiger partial charge in [0.1, 0.15) is 13.2 Å². The minimum absolute atomic E-state index is 0.0618. The quantitative estimate of drug-likeness (QED) is 0.0344. The summed E-state index contributed by atoms with van der Waals surface area (Å²) in [5.74, 6) is 0.0742. The maximum atomic E-state index is 12.8. The van der Waals surface area contributed by atoms with E-state index in [1.54, 1.807) is 0 Å². The third kappa shape index (κ3) is 51.6. The molecule has 0 spiro atoms. The summed E-state index contributed by atoms with van der Waals surface area (Å²) in [6.07, 6.45) is 58.1. The van der Waals surface area contributed by atoms with Gasteiger partial charge in [-0.1, -0.05) is 297 Å². The van der Waals surface area contributed by atoms with Crippen molar-refractivity contribution < 1.29 is 28.6 Å². The van der Waals surface area contributed by atoms with Crippen LogP contribution in [-0.2, 0) is 28.6 Å². The summed E-state index contributed by atoms with van der Waals surface area (Å²) in [4.78, 5) is 38.1. The van der Waals surface area contributed by atoms with Gasteiger partial charge in [-0.25, -0.2) is 0 Å². The molecule has 0 aliphatic heterocycles. The number of carbonyl (C=O) groups is 3. The zero-order valence-corrected chi connectivity index (χ0v) is 44.5. The predicted octanol–water partition coefficient (Wildman–Crippen LogP) is 19.4. The van der Waals surface area contributed by atoms with Gasteiger partial charge in [0.25, 0.3) is 0 Å². The molecule has 0 radical (unpaired) electrons. The molecular formula is C59H114O6. The van der Waals surface area contributed by atoms with Gasteiger partial charge in [0.2, 0.25) is 0 Å². The van der Waals surface area contributed by atoms with Gasteiger partial charge in [-0.3, -0.25) is 14.4 Å². The van der Waals surface area contributed by atoms with Crippen LogP contribution in [-0.4, -0.2) is 37.2 Å². The Hall–Kier alpha value is -1.59. The van der Waals surface area contributed by atoms with Crippen LogP contribution in [0.4, 0.5) is 0 Å². The molecule has 6 heteroatoms. The van der Waals surface area contributed by atoms with E-state index < -0.39 is 6.10 Å². The van der Waals surface area contributed by atoms with Crippen molar-refractivity contribution in [2.75, 3.05) is 13.2 Å².